The van der Waals surface area contributed by atoms with E-state index in [4.69, 9.17) is 4.74 Å². The van der Waals surface area contributed by atoms with Crippen molar-refractivity contribution in [1.29, 1.82) is 0 Å². The molecule has 0 aromatic rings. The third-order valence-electron chi connectivity index (χ3n) is 2.44. The zero-order valence-corrected chi connectivity index (χ0v) is 8.67. The Balaban J connectivity index is 2.25. The van der Waals surface area contributed by atoms with Gasteiger partial charge < -0.3 is 10.1 Å². The van der Waals surface area contributed by atoms with Gasteiger partial charge in [-0.1, -0.05) is 13.8 Å². The van der Waals surface area contributed by atoms with Crippen LogP contribution in [0.2, 0.25) is 0 Å². The van der Waals surface area contributed by atoms with Crippen molar-refractivity contribution in [3.63, 3.8) is 0 Å². The van der Waals surface area contributed by atoms with Gasteiger partial charge in [0.25, 0.3) is 0 Å². The molecule has 0 saturated heterocycles. The first-order valence-corrected chi connectivity index (χ1v) is 5.07. The fourth-order valence-electron chi connectivity index (χ4n) is 1.40. The van der Waals surface area contributed by atoms with Crippen LogP contribution in [0.5, 0.6) is 0 Å². The summed E-state index contributed by atoms with van der Waals surface area (Å²) in [6.45, 7) is 6.53. The maximum Gasteiger partial charge on any atom is 0.222 e. The molecule has 3 nitrogen and oxygen atoms in total. The van der Waals surface area contributed by atoms with Crippen molar-refractivity contribution in [2.45, 2.75) is 45.8 Å². The molecule has 3 heteroatoms. The summed E-state index contributed by atoms with van der Waals surface area (Å²) in [6.07, 6.45) is 2.40. The zero-order chi connectivity index (χ0) is 9.84. The van der Waals surface area contributed by atoms with Gasteiger partial charge in [0.15, 0.2) is 0 Å². The van der Waals surface area contributed by atoms with E-state index in [1.54, 1.807) is 0 Å². The molecule has 13 heavy (non-hydrogen) atoms. The second kappa shape index (κ2) is 4.61. The molecule has 0 aromatic heterocycles. The second-order valence-electron chi connectivity index (χ2n) is 3.84. The van der Waals surface area contributed by atoms with E-state index in [-0.39, 0.29) is 24.0 Å². The molecule has 0 radical (unpaired) electrons. The number of nitrogens with one attached hydrogen (secondary N) is 1. The van der Waals surface area contributed by atoms with E-state index in [2.05, 4.69) is 5.32 Å². The minimum absolute atomic E-state index is 0.0721. The number of rotatable bonds is 4. The van der Waals surface area contributed by atoms with Gasteiger partial charge >= 0.3 is 0 Å². The Morgan fingerprint density at radius 3 is 2.62 bits per heavy atom. The molecule has 76 valence electrons. The molecule has 0 aromatic carbocycles. The Hall–Kier alpha value is -0.570. The SMILES string of the molecule is CCO[C@@H]1CC[C@H]1NC(=O)C(C)C. The molecule has 0 bridgehead atoms. The first kappa shape index (κ1) is 10.5. The molecule has 1 rings (SSSR count). The lowest BCUT2D eigenvalue weighted by Gasteiger charge is -2.37. The molecule has 2 atom stereocenters. The van der Waals surface area contributed by atoms with E-state index in [9.17, 15) is 4.79 Å². The van der Waals surface area contributed by atoms with E-state index in [0.29, 0.717) is 0 Å². The Morgan fingerprint density at radius 2 is 2.23 bits per heavy atom. The van der Waals surface area contributed by atoms with E-state index in [1.807, 2.05) is 20.8 Å². The van der Waals surface area contributed by atoms with Gasteiger partial charge in [-0.2, -0.15) is 0 Å². The first-order valence-electron chi connectivity index (χ1n) is 5.07. The Bertz CT molecular complexity index is 180. The zero-order valence-electron chi connectivity index (χ0n) is 8.67. The summed E-state index contributed by atoms with van der Waals surface area (Å²) in [5.41, 5.74) is 0. The number of carbonyl (C=O) groups is 1. The summed E-state index contributed by atoms with van der Waals surface area (Å²) in [4.78, 5) is 11.3. The lowest BCUT2D eigenvalue weighted by atomic mass is 9.88. The highest BCUT2D eigenvalue weighted by atomic mass is 16.5. The minimum Gasteiger partial charge on any atom is -0.376 e. The van der Waals surface area contributed by atoms with Crippen LogP contribution in [0.25, 0.3) is 0 Å². The average molecular weight is 185 g/mol. The van der Waals surface area contributed by atoms with Crippen LogP contribution in [-0.4, -0.2) is 24.7 Å². The predicted octanol–water partition coefficient (Wildman–Crippen LogP) is 1.33. The lowest BCUT2D eigenvalue weighted by Crippen LogP contribution is -2.52. The van der Waals surface area contributed by atoms with Crippen molar-refractivity contribution in [3.05, 3.63) is 0 Å². The quantitative estimate of drug-likeness (QED) is 0.717. The molecule has 1 aliphatic carbocycles. The van der Waals surface area contributed by atoms with Crippen LogP contribution in [0.3, 0.4) is 0 Å². The average Bonchev–Trinajstić information content (AvgIpc) is 2.07. The van der Waals surface area contributed by atoms with Gasteiger partial charge in [0.2, 0.25) is 5.91 Å². The predicted molar refractivity (Wildman–Crippen MR) is 51.4 cm³/mol. The van der Waals surface area contributed by atoms with Crippen LogP contribution in [-0.2, 0) is 9.53 Å². The van der Waals surface area contributed by atoms with Gasteiger partial charge in [0.1, 0.15) is 0 Å². The van der Waals surface area contributed by atoms with E-state index < -0.39 is 0 Å². The Kier molecular flexibility index (Phi) is 3.72. The van der Waals surface area contributed by atoms with Gasteiger partial charge in [-0.3, -0.25) is 4.79 Å². The number of carbonyl (C=O) groups excluding carboxylic acids is 1. The summed E-state index contributed by atoms with van der Waals surface area (Å²) in [5.74, 6) is 0.206. The smallest absolute Gasteiger partial charge is 0.222 e. The third kappa shape index (κ3) is 2.69. The van der Waals surface area contributed by atoms with E-state index in [0.717, 1.165) is 19.4 Å². The number of amides is 1. The van der Waals surface area contributed by atoms with Crippen molar-refractivity contribution < 1.29 is 9.53 Å². The molecule has 1 N–H and O–H groups in total. The monoisotopic (exact) mass is 185 g/mol. The van der Waals surface area contributed by atoms with Crippen LogP contribution in [0.1, 0.15) is 33.6 Å². The molecular weight excluding hydrogens is 166 g/mol. The van der Waals surface area contributed by atoms with Crippen LogP contribution >= 0.6 is 0 Å². The summed E-state index contributed by atoms with van der Waals surface area (Å²) in [7, 11) is 0. The lowest BCUT2D eigenvalue weighted by molar-refractivity contribution is -0.127. The highest BCUT2D eigenvalue weighted by Crippen LogP contribution is 2.23. The fraction of sp³-hybridized carbons (Fsp3) is 0.900. The molecule has 1 amide bonds. The Morgan fingerprint density at radius 1 is 1.54 bits per heavy atom. The highest BCUT2D eigenvalue weighted by Gasteiger charge is 2.32. The minimum atomic E-state index is 0.0721. The highest BCUT2D eigenvalue weighted by molar-refractivity contribution is 5.78. The Labute approximate surface area is 79.8 Å². The van der Waals surface area contributed by atoms with Crippen LogP contribution in [0.4, 0.5) is 0 Å². The topological polar surface area (TPSA) is 38.3 Å². The van der Waals surface area contributed by atoms with Gasteiger partial charge in [-0.25, -0.2) is 0 Å². The van der Waals surface area contributed by atoms with E-state index in [1.165, 1.54) is 0 Å². The molecule has 1 saturated carbocycles. The van der Waals surface area contributed by atoms with E-state index >= 15 is 0 Å². The second-order valence-corrected chi connectivity index (χ2v) is 3.84. The van der Waals surface area contributed by atoms with Crippen LogP contribution < -0.4 is 5.32 Å². The standard InChI is InChI=1S/C10H19NO2/c1-4-13-9-6-5-8(9)11-10(12)7(2)3/h7-9H,4-6H2,1-3H3,(H,11,12)/t8-,9-/m1/s1. The maximum absolute atomic E-state index is 11.3. The number of ether oxygens (including phenoxy) is 1. The molecule has 0 spiro atoms. The maximum atomic E-state index is 11.3. The number of hydrogen-bond donors (Lipinski definition) is 1. The first-order chi connectivity index (χ1) is 6.15. The van der Waals surface area contributed by atoms with Crippen LogP contribution in [0, 0.1) is 5.92 Å². The molecular formula is C10H19NO2. The fourth-order valence-corrected chi connectivity index (χ4v) is 1.40. The molecule has 1 fully saturated rings. The number of hydrogen-bond acceptors (Lipinski definition) is 2. The van der Waals surface area contributed by atoms with Gasteiger partial charge in [0, 0.05) is 12.5 Å². The molecule has 0 heterocycles. The normalized spacial score (nSPS) is 27.1. The molecule has 0 aliphatic heterocycles. The van der Waals surface area contributed by atoms with Gasteiger partial charge in [-0.15, -0.1) is 0 Å². The van der Waals surface area contributed by atoms with Crippen molar-refractivity contribution >= 4 is 5.91 Å². The third-order valence-corrected chi connectivity index (χ3v) is 2.44. The summed E-state index contributed by atoms with van der Waals surface area (Å²) in [5, 5.41) is 2.99. The van der Waals surface area contributed by atoms with Gasteiger partial charge in [-0.05, 0) is 19.8 Å². The van der Waals surface area contributed by atoms with Crippen molar-refractivity contribution in [3.8, 4) is 0 Å². The van der Waals surface area contributed by atoms with Crippen molar-refractivity contribution in [1.82, 2.24) is 5.32 Å². The van der Waals surface area contributed by atoms with Crippen molar-refractivity contribution in [2.75, 3.05) is 6.61 Å². The van der Waals surface area contributed by atoms with Gasteiger partial charge in [0.05, 0.1) is 12.1 Å². The van der Waals surface area contributed by atoms with Crippen molar-refractivity contribution in [2.24, 2.45) is 5.92 Å². The summed E-state index contributed by atoms with van der Waals surface area (Å²) in [6, 6.07) is 0.259. The summed E-state index contributed by atoms with van der Waals surface area (Å²) >= 11 is 0. The molecule has 1 aliphatic rings. The molecule has 0 unspecified atom stereocenters. The summed E-state index contributed by atoms with van der Waals surface area (Å²) < 4.78 is 5.46. The van der Waals surface area contributed by atoms with Crippen LogP contribution in [0.15, 0.2) is 0 Å². The largest absolute Gasteiger partial charge is 0.376 e.